The van der Waals surface area contributed by atoms with Crippen LogP contribution in [-0.4, -0.2) is 28.8 Å². The second kappa shape index (κ2) is 6.94. The van der Waals surface area contributed by atoms with Gasteiger partial charge in [-0.15, -0.1) is 11.3 Å². The first-order valence-corrected chi connectivity index (χ1v) is 10.2. The zero-order chi connectivity index (χ0) is 18.2. The number of rotatable bonds is 3. The number of hydrogen-bond donors (Lipinski definition) is 0. The molecule has 0 spiro atoms. The van der Waals surface area contributed by atoms with Crippen LogP contribution in [0.5, 0.6) is 0 Å². The molecular formula is C21H21N3O2S. The molecule has 27 heavy (non-hydrogen) atoms. The van der Waals surface area contributed by atoms with E-state index in [0.29, 0.717) is 19.6 Å². The molecular weight excluding hydrogens is 358 g/mol. The lowest BCUT2D eigenvalue weighted by molar-refractivity contribution is -0.122. The molecule has 0 aliphatic carbocycles. The van der Waals surface area contributed by atoms with Gasteiger partial charge < -0.3 is 9.64 Å². The number of fused-ring (bicyclic) bond motifs is 2. The molecule has 0 fully saturated rings. The molecule has 2 aliphatic rings. The van der Waals surface area contributed by atoms with Crippen LogP contribution in [-0.2, 0) is 22.4 Å². The number of thiophene rings is 1. The average Bonchev–Trinajstić information content (AvgIpc) is 3.39. The van der Waals surface area contributed by atoms with Gasteiger partial charge in [0, 0.05) is 29.5 Å². The van der Waals surface area contributed by atoms with Crippen LogP contribution in [0.25, 0.3) is 0 Å². The third kappa shape index (κ3) is 3.09. The zero-order valence-corrected chi connectivity index (χ0v) is 15.8. The third-order valence-electron chi connectivity index (χ3n) is 5.45. The van der Waals surface area contributed by atoms with E-state index < -0.39 is 0 Å². The van der Waals surface area contributed by atoms with Crippen molar-refractivity contribution in [2.24, 2.45) is 0 Å². The lowest BCUT2D eigenvalue weighted by Crippen LogP contribution is -2.41. The topological polar surface area (TPSA) is 47.4 Å². The molecule has 138 valence electrons. The lowest BCUT2D eigenvalue weighted by atomic mass is 9.97. The highest BCUT2D eigenvalue weighted by atomic mass is 32.1. The fraction of sp³-hybridized carbons (Fsp3) is 0.333. The van der Waals surface area contributed by atoms with E-state index in [2.05, 4.69) is 22.6 Å². The molecule has 6 heteroatoms. The van der Waals surface area contributed by atoms with Gasteiger partial charge in [0.2, 0.25) is 5.91 Å². The minimum atomic E-state index is -0.126. The highest BCUT2D eigenvalue weighted by Crippen LogP contribution is 2.37. The quantitative estimate of drug-likeness (QED) is 0.696. The minimum Gasteiger partial charge on any atom is -0.372 e. The van der Waals surface area contributed by atoms with Gasteiger partial charge in [-0.05, 0) is 47.5 Å². The molecule has 1 aromatic carbocycles. The number of ether oxygens (including phenoxy) is 1. The smallest absolute Gasteiger partial charge is 0.230 e. The number of hydrogen-bond acceptors (Lipinski definition) is 4. The van der Waals surface area contributed by atoms with Gasteiger partial charge in [0.25, 0.3) is 0 Å². The summed E-state index contributed by atoms with van der Waals surface area (Å²) in [5.41, 5.74) is 3.55. The van der Waals surface area contributed by atoms with Gasteiger partial charge >= 0.3 is 0 Å². The zero-order valence-electron chi connectivity index (χ0n) is 15.0. The highest BCUT2D eigenvalue weighted by molar-refractivity contribution is 7.10. The predicted molar refractivity (Wildman–Crippen MR) is 105 cm³/mol. The van der Waals surface area contributed by atoms with Crippen molar-refractivity contribution in [1.82, 2.24) is 9.78 Å². The van der Waals surface area contributed by atoms with Crippen molar-refractivity contribution < 1.29 is 9.53 Å². The summed E-state index contributed by atoms with van der Waals surface area (Å²) in [4.78, 5) is 16.4. The molecule has 0 N–H and O–H groups in total. The standard InChI is InChI=1S/C21H21N3O2S/c25-20(13-19-21-15(6-10-26-19)7-11-27-21)23-14-17(24-9-3-8-22-24)12-16-4-1-2-5-18(16)23/h1-5,7-9,11,17,19H,6,10,12-14H2/t17-,19-/m1/s1. The molecule has 0 bridgehead atoms. The monoisotopic (exact) mass is 379 g/mol. The molecule has 5 rings (SSSR count). The second-order valence-corrected chi connectivity index (χ2v) is 8.05. The molecule has 2 atom stereocenters. The summed E-state index contributed by atoms with van der Waals surface area (Å²) >= 11 is 1.70. The Morgan fingerprint density at radius 2 is 2.15 bits per heavy atom. The SMILES string of the molecule is O=C(C[C@H]1OCCc2ccsc21)N1C[C@H](n2cccn2)Cc2ccccc21. The average molecular weight is 379 g/mol. The van der Waals surface area contributed by atoms with E-state index in [-0.39, 0.29) is 18.1 Å². The Balaban J connectivity index is 1.42. The number of benzene rings is 1. The van der Waals surface area contributed by atoms with Crippen molar-refractivity contribution >= 4 is 22.9 Å². The molecule has 0 saturated carbocycles. The summed E-state index contributed by atoms with van der Waals surface area (Å²) in [6.07, 6.45) is 5.85. The summed E-state index contributed by atoms with van der Waals surface area (Å²) in [6, 6.07) is 12.4. The number of para-hydroxylation sites is 1. The summed E-state index contributed by atoms with van der Waals surface area (Å²) in [5, 5.41) is 6.50. The molecule has 1 amide bonds. The first kappa shape index (κ1) is 16.7. The molecule has 5 nitrogen and oxygen atoms in total. The Hall–Kier alpha value is -2.44. The number of aromatic nitrogens is 2. The third-order valence-corrected chi connectivity index (χ3v) is 6.51. The largest absolute Gasteiger partial charge is 0.372 e. The van der Waals surface area contributed by atoms with Crippen molar-refractivity contribution in [3.63, 3.8) is 0 Å². The number of nitrogens with zero attached hydrogens (tertiary/aromatic N) is 3. The summed E-state index contributed by atoms with van der Waals surface area (Å²) in [7, 11) is 0. The summed E-state index contributed by atoms with van der Waals surface area (Å²) < 4.78 is 7.92. The van der Waals surface area contributed by atoms with E-state index in [0.717, 1.165) is 18.5 Å². The molecule has 0 unspecified atom stereocenters. The van der Waals surface area contributed by atoms with Gasteiger partial charge in [0.1, 0.15) is 6.10 Å². The van der Waals surface area contributed by atoms with Gasteiger partial charge in [-0.2, -0.15) is 5.10 Å². The first-order chi connectivity index (χ1) is 13.3. The van der Waals surface area contributed by atoms with Gasteiger partial charge in [0.05, 0.1) is 19.1 Å². The van der Waals surface area contributed by atoms with Crippen LogP contribution in [0.4, 0.5) is 5.69 Å². The van der Waals surface area contributed by atoms with Crippen LogP contribution < -0.4 is 4.90 Å². The number of carbonyl (C=O) groups is 1. The van der Waals surface area contributed by atoms with Gasteiger partial charge in [-0.25, -0.2) is 0 Å². The molecule has 0 radical (unpaired) electrons. The number of carbonyl (C=O) groups excluding carboxylic acids is 1. The van der Waals surface area contributed by atoms with Gasteiger partial charge in [0.15, 0.2) is 0 Å². The van der Waals surface area contributed by atoms with E-state index >= 15 is 0 Å². The fourth-order valence-electron chi connectivity index (χ4n) is 4.13. The van der Waals surface area contributed by atoms with Gasteiger partial charge in [-0.1, -0.05) is 18.2 Å². The van der Waals surface area contributed by atoms with Crippen LogP contribution in [0, 0.1) is 0 Å². The Labute approximate surface area is 162 Å². The van der Waals surface area contributed by atoms with E-state index in [1.807, 2.05) is 40.0 Å². The van der Waals surface area contributed by atoms with E-state index in [4.69, 9.17) is 4.74 Å². The fourth-order valence-corrected chi connectivity index (χ4v) is 5.13. The van der Waals surface area contributed by atoms with E-state index in [1.54, 1.807) is 17.5 Å². The number of anilines is 1. The maximum Gasteiger partial charge on any atom is 0.230 e. The Kier molecular flexibility index (Phi) is 4.30. The van der Waals surface area contributed by atoms with Crippen LogP contribution in [0.15, 0.2) is 54.2 Å². The van der Waals surface area contributed by atoms with Crippen molar-refractivity contribution in [2.45, 2.75) is 31.4 Å². The van der Waals surface area contributed by atoms with Crippen LogP contribution in [0.3, 0.4) is 0 Å². The van der Waals surface area contributed by atoms with Crippen molar-refractivity contribution in [2.75, 3.05) is 18.1 Å². The Morgan fingerprint density at radius 3 is 3.04 bits per heavy atom. The van der Waals surface area contributed by atoms with Crippen molar-refractivity contribution in [3.05, 3.63) is 70.2 Å². The Morgan fingerprint density at radius 1 is 1.22 bits per heavy atom. The molecule has 4 heterocycles. The van der Waals surface area contributed by atoms with E-state index in [1.165, 1.54) is 16.0 Å². The van der Waals surface area contributed by atoms with Crippen LogP contribution in [0.1, 0.15) is 34.6 Å². The van der Waals surface area contributed by atoms with Crippen molar-refractivity contribution in [3.8, 4) is 0 Å². The predicted octanol–water partition coefficient (Wildman–Crippen LogP) is 3.78. The number of amides is 1. The molecule has 0 saturated heterocycles. The van der Waals surface area contributed by atoms with Crippen molar-refractivity contribution in [1.29, 1.82) is 0 Å². The second-order valence-electron chi connectivity index (χ2n) is 7.10. The minimum absolute atomic E-state index is 0.116. The summed E-state index contributed by atoms with van der Waals surface area (Å²) in [6.45, 7) is 1.33. The normalized spacial score (nSPS) is 21.6. The van der Waals surface area contributed by atoms with E-state index in [9.17, 15) is 4.79 Å². The first-order valence-electron chi connectivity index (χ1n) is 9.35. The summed E-state index contributed by atoms with van der Waals surface area (Å²) in [5.74, 6) is 0.116. The molecule has 2 aliphatic heterocycles. The molecule has 2 aromatic heterocycles. The Bertz CT molecular complexity index is 950. The molecule has 3 aromatic rings. The van der Waals surface area contributed by atoms with Crippen LogP contribution in [0.2, 0.25) is 0 Å². The maximum atomic E-state index is 13.3. The maximum absolute atomic E-state index is 13.3. The lowest BCUT2D eigenvalue weighted by Gasteiger charge is -2.35. The van der Waals surface area contributed by atoms with Crippen LogP contribution >= 0.6 is 11.3 Å². The highest BCUT2D eigenvalue weighted by Gasteiger charge is 2.32. The van der Waals surface area contributed by atoms with Gasteiger partial charge in [-0.3, -0.25) is 9.48 Å².